The molecule has 6 unspecified atom stereocenters. The normalized spacial score (nSPS) is 29.5. The average molecular weight is 494 g/mol. The number of anilines is 1. The van der Waals surface area contributed by atoms with Crippen molar-refractivity contribution in [3.8, 4) is 0 Å². The second-order valence-corrected chi connectivity index (χ2v) is 10.7. The highest BCUT2D eigenvalue weighted by Crippen LogP contribution is 2.52. The molecule has 12 heteroatoms. The molecule has 1 aromatic carbocycles. The Kier molecular flexibility index (Phi) is 6.45. The van der Waals surface area contributed by atoms with Gasteiger partial charge in [-0.05, 0) is 25.1 Å². The third-order valence-corrected chi connectivity index (χ3v) is 8.82. The van der Waals surface area contributed by atoms with Crippen LogP contribution < -0.4 is 10.6 Å². The predicted molar refractivity (Wildman–Crippen MR) is 122 cm³/mol. The Morgan fingerprint density at radius 1 is 1.27 bits per heavy atom. The molecule has 10 nitrogen and oxygen atoms in total. The number of thioether (sulfide) groups is 2. The topological polar surface area (TPSA) is 156 Å². The van der Waals surface area contributed by atoms with Gasteiger partial charge in [0.1, 0.15) is 10.4 Å². The minimum atomic E-state index is -1.19. The number of nitrogens with one attached hydrogen (secondary N) is 2. The zero-order valence-electron chi connectivity index (χ0n) is 17.7. The third-order valence-electron chi connectivity index (χ3n) is 5.99. The number of carbonyl (C=O) groups is 4. The highest BCUT2D eigenvalue weighted by Gasteiger charge is 2.60. The number of amides is 2. The smallest absolute Gasteiger partial charge is 0.353 e. The molecule has 3 aliphatic heterocycles. The Morgan fingerprint density at radius 2 is 2.00 bits per heavy atom. The Hall–Kier alpha value is -2.54. The van der Waals surface area contributed by atoms with Crippen LogP contribution in [-0.4, -0.2) is 72.6 Å². The van der Waals surface area contributed by atoms with Gasteiger partial charge in [-0.2, -0.15) is 0 Å². The average Bonchev–Trinajstić information content (AvgIpc) is 3.30. The van der Waals surface area contributed by atoms with E-state index in [4.69, 9.17) is 5.11 Å². The number of fused-ring (bicyclic) bond motifs is 1. The van der Waals surface area contributed by atoms with Crippen molar-refractivity contribution in [1.82, 2.24) is 10.2 Å². The molecule has 0 spiro atoms. The summed E-state index contributed by atoms with van der Waals surface area (Å²) in [5.74, 6) is -3.44. The summed E-state index contributed by atoms with van der Waals surface area (Å²) >= 11 is 2.72. The summed E-state index contributed by atoms with van der Waals surface area (Å²) in [4.78, 5) is 50.0. The number of benzene rings is 1. The van der Waals surface area contributed by atoms with E-state index in [2.05, 4.69) is 10.6 Å². The molecule has 5 N–H and O–H groups in total. The van der Waals surface area contributed by atoms with Gasteiger partial charge in [-0.3, -0.25) is 14.9 Å². The Morgan fingerprint density at radius 3 is 2.64 bits per heavy atom. The fourth-order valence-electron chi connectivity index (χ4n) is 4.42. The number of aliphatic hydroxyl groups excluding tert-OH is 1. The summed E-state index contributed by atoms with van der Waals surface area (Å²) in [7, 11) is 0. The first-order valence-electron chi connectivity index (χ1n) is 10.3. The minimum Gasteiger partial charge on any atom is -0.478 e. The highest BCUT2D eigenvalue weighted by atomic mass is 32.2. The summed E-state index contributed by atoms with van der Waals surface area (Å²) < 4.78 is -0.309. The van der Waals surface area contributed by atoms with Crippen LogP contribution in [0.3, 0.4) is 0 Å². The summed E-state index contributed by atoms with van der Waals surface area (Å²) in [5, 5.41) is 34.7. The molecule has 176 valence electrons. The van der Waals surface area contributed by atoms with Crippen LogP contribution in [0.2, 0.25) is 0 Å². The fraction of sp³-hybridized carbons (Fsp3) is 0.429. The lowest BCUT2D eigenvalue weighted by Crippen LogP contribution is -2.63. The van der Waals surface area contributed by atoms with Crippen LogP contribution >= 0.6 is 23.5 Å². The molecule has 2 fully saturated rings. The predicted octanol–water partition coefficient (Wildman–Crippen LogP) is 1.20. The van der Waals surface area contributed by atoms with Crippen molar-refractivity contribution < 1.29 is 34.5 Å². The van der Waals surface area contributed by atoms with E-state index in [0.717, 1.165) is 0 Å². The van der Waals surface area contributed by atoms with Crippen molar-refractivity contribution >= 4 is 53.0 Å². The summed E-state index contributed by atoms with van der Waals surface area (Å²) in [6.07, 6.45) is -0.868. The number of aliphatic hydroxyl groups is 1. The van der Waals surface area contributed by atoms with Gasteiger partial charge in [0.2, 0.25) is 11.8 Å². The molecule has 33 heavy (non-hydrogen) atoms. The van der Waals surface area contributed by atoms with Gasteiger partial charge in [-0.15, -0.1) is 11.8 Å². The molecule has 2 amide bonds. The first-order chi connectivity index (χ1) is 15.6. The molecule has 0 saturated carbocycles. The van der Waals surface area contributed by atoms with Crippen LogP contribution in [0.4, 0.5) is 5.69 Å². The lowest BCUT2D eigenvalue weighted by atomic mass is 9.79. The molecule has 3 heterocycles. The molecule has 0 bridgehead atoms. The maximum atomic E-state index is 12.7. The first kappa shape index (κ1) is 23.6. The van der Waals surface area contributed by atoms with Crippen LogP contribution in [-0.2, 0) is 14.4 Å². The van der Waals surface area contributed by atoms with E-state index < -0.39 is 36.0 Å². The van der Waals surface area contributed by atoms with Crippen molar-refractivity contribution in [2.45, 2.75) is 36.7 Å². The number of β-lactam (4-membered cyclic amide) rings is 1. The summed E-state index contributed by atoms with van der Waals surface area (Å²) in [6, 6.07) is 5.00. The van der Waals surface area contributed by atoms with Gasteiger partial charge >= 0.3 is 11.9 Å². The van der Waals surface area contributed by atoms with E-state index in [1.807, 2.05) is 6.92 Å². The van der Waals surface area contributed by atoms with Gasteiger partial charge in [0.25, 0.3) is 0 Å². The highest BCUT2D eigenvalue weighted by molar-refractivity contribution is 8.19. The SMILES string of the molecule is CC(O)C1C(=O)N2C(C(=O)O)=C(SC3NC(C(=O)Nc4cccc(C(=O)O)c4)CS3)C(C)C12. The number of hydrogen-bond acceptors (Lipinski definition) is 8. The number of carboxylic acid groups (broad SMARTS) is 2. The number of hydrogen-bond donors (Lipinski definition) is 5. The van der Waals surface area contributed by atoms with Gasteiger partial charge in [0.15, 0.2) is 0 Å². The maximum Gasteiger partial charge on any atom is 0.353 e. The third kappa shape index (κ3) is 4.23. The molecular formula is C21H23N3O7S2. The quantitative estimate of drug-likeness (QED) is 0.350. The molecule has 4 rings (SSSR count). The number of aliphatic carboxylic acids is 1. The Labute approximate surface area is 197 Å². The van der Waals surface area contributed by atoms with Crippen LogP contribution in [0.25, 0.3) is 0 Å². The zero-order valence-corrected chi connectivity index (χ0v) is 19.4. The van der Waals surface area contributed by atoms with Gasteiger partial charge in [-0.25, -0.2) is 9.59 Å². The molecule has 2 saturated heterocycles. The number of aromatic carboxylic acids is 1. The van der Waals surface area contributed by atoms with E-state index in [0.29, 0.717) is 16.3 Å². The van der Waals surface area contributed by atoms with E-state index in [-0.39, 0.29) is 33.7 Å². The Balaban J connectivity index is 1.43. The van der Waals surface area contributed by atoms with Crippen LogP contribution in [0.5, 0.6) is 0 Å². The number of carbonyl (C=O) groups excluding carboxylic acids is 2. The number of carboxylic acids is 2. The molecule has 6 atom stereocenters. The molecule has 1 aromatic rings. The van der Waals surface area contributed by atoms with Crippen molar-refractivity contribution in [2.75, 3.05) is 11.1 Å². The van der Waals surface area contributed by atoms with E-state index >= 15 is 0 Å². The number of rotatable bonds is 7. The Bertz CT molecular complexity index is 1060. The standard InChI is InChI=1S/C21H23N3O7S2/c1-8-14-13(9(2)25)18(27)24(14)15(20(30)31)16(8)33-21-23-12(7-32-21)17(26)22-11-5-3-4-10(6-11)19(28)29/h3-6,8-9,12-14,21,23,25H,7H2,1-2H3,(H,22,26)(H,28,29)(H,30,31). The second-order valence-electron chi connectivity index (χ2n) is 8.15. The van der Waals surface area contributed by atoms with Gasteiger partial charge in [-0.1, -0.05) is 24.8 Å². The largest absolute Gasteiger partial charge is 0.478 e. The summed E-state index contributed by atoms with van der Waals surface area (Å²) in [6.45, 7) is 3.37. The van der Waals surface area contributed by atoms with Crippen molar-refractivity contribution in [3.63, 3.8) is 0 Å². The number of nitrogens with zero attached hydrogens (tertiary/aromatic N) is 1. The van der Waals surface area contributed by atoms with Crippen LogP contribution in [0.1, 0.15) is 24.2 Å². The van der Waals surface area contributed by atoms with Crippen molar-refractivity contribution in [1.29, 1.82) is 0 Å². The minimum absolute atomic E-state index is 0.0554. The van der Waals surface area contributed by atoms with E-state index in [9.17, 15) is 29.4 Å². The molecule has 3 aliphatic rings. The second kappa shape index (κ2) is 9.01. The van der Waals surface area contributed by atoms with Crippen molar-refractivity contribution in [3.05, 3.63) is 40.4 Å². The lowest BCUT2D eigenvalue weighted by Gasteiger charge is -2.46. The van der Waals surface area contributed by atoms with Crippen molar-refractivity contribution in [2.24, 2.45) is 11.8 Å². The monoisotopic (exact) mass is 493 g/mol. The molecule has 0 aliphatic carbocycles. The molecule has 0 aromatic heterocycles. The van der Waals surface area contributed by atoms with Crippen LogP contribution in [0.15, 0.2) is 34.9 Å². The summed E-state index contributed by atoms with van der Waals surface area (Å²) in [5.41, 5.74) is 0.378. The zero-order chi connectivity index (χ0) is 24.0. The van der Waals surface area contributed by atoms with Gasteiger partial charge < -0.3 is 25.5 Å². The first-order valence-corrected chi connectivity index (χ1v) is 12.2. The maximum absolute atomic E-state index is 12.7. The van der Waals surface area contributed by atoms with Gasteiger partial charge in [0, 0.05) is 22.3 Å². The van der Waals surface area contributed by atoms with E-state index in [1.54, 1.807) is 12.1 Å². The van der Waals surface area contributed by atoms with Crippen LogP contribution in [0, 0.1) is 11.8 Å². The fourth-order valence-corrected chi connectivity index (χ4v) is 7.23. The molecule has 0 radical (unpaired) electrons. The lowest BCUT2D eigenvalue weighted by molar-refractivity contribution is -0.163. The molecular weight excluding hydrogens is 470 g/mol. The van der Waals surface area contributed by atoms with E-state index in [1.165, 1.54) is 47.5 Å². The van der Waals surface area contributed by atoms with Gasteiger partial charge in [0.05, 0.1) is 29.7 Å².